The van der Waals surface area contributed by atoms with Crippen molar-refractivity contribution in [3.05, 3.63) is 64.5 Å². The van der Waals surface area contributed by atoms with Crippen molar-refractivity contribution >= 4 is 21.4 Å². The molecule has 0 bridgehead atoms. The number of likely N-dealkylation sites (tertiary alicyclic amines) is 1. The van der Waals surface area contributed by atoms with Crippen LogP contribution in [-0.2, 0) is 6.42 Å². The zero-order chi connectivity index (χ0) is 17.4. The molecule has 0 unspecified atom stereocenters. The van der Waals surface area contributed by atoms with Gasteiger partial charge in [-0.2, -0.15) is 0 Å². The zero-order valence-electron chi connectivity index (χ0n) is 14.2. The van der Waals surface area contributed by atoms with Crippen LogP contribution >= 0.6 is 11.3 Å². The van der Waals surface area contributed by atoms with Crippen molar-refractivity contribution in [3.63, 3.8) is 0 Å². The quantitative estimate of drug-likeness (QED) is 0.755. The maximum atomic E-state index is 14.3. The van der Waals surface area contributed by atoms with E-state index in [1.165, 1.54) is 26.6 Å². The molecule has 1 saturated heterocycles. The molecule has 1 aliphatic rings. The predicted octanol–water partition coefficient (Wildman–Crippen LogP) is 3.81. The summed E-state index contributed by atoms with van der Waals surface area (Å²) in [6.07, 6.45) is 2.40. The average molecular weight is 356 g/mol. The Morgan fingerprint density at radius 2 is 2.08 bits per heavy atom. The van der Waals surface area contributed by atoms with E-state index in [2.05, 4.69) is 22.0 Å². The fourth-order valence-corrected chi connectivity index (χ4v) is 4.90. The number of fused-ring (bicyclic) bond motifs is 1. The van der Waals surface area contributed by atoms with Crippen molar-refractivity contribution in [2.45, 2.75) is 25.4 Å². The van der Waals surface area contributed by atoms with Crippen molar-refractivity contribution in [1.29, 1.82) is 0 Å². The molecule has 4 rings (SSSR count). The van der Waals surface area contributed by atoms with Crippen LogP contribution in [0, 0.1) is 5.82 Å². The summed E-state index contributed by atoms with van der Waals surface area (Å²) in [4.78, 5) is 7.85. The number of nitrogens with zero attached hydrogens (tertiary/aromatic N) is 2. The third-order valence-corrected chi connectivity index (χ3v) is 6.18. The Morgan fingerprint density at radius 1 is 1.28 bits per heavy atom. The van der Waals surface area contributed by atoms with Gasteiger partial charge in [-0.3, -0.25) is 9.88 Å². The van der Waals surface area contributed by atoms with Crippen LogP contribution in [0.15, 0.2) is 42.6 Å². The van der Waals surface area contributed by atoms with Gasteiger partial charge in [0.25, 0.3) is 0 Å². The molecule has 0 saturated carbocycles. The van der Waals surface area contributed by atoms with E-state index < -0.39 is 0 Å². The number of aliphatic hydroxyl groups excluding tert-OH is 1. The minimum Gasteiger partial charge on any atom is -0.390 e. The molecular formula is C20H21FN2OS. The summed E-state index contributed by atoms with van der Waals surface area (Å²) in [5, 5.41) is 10.7. The number of halogens is 1. The minimum absolute atomic E-state index is 0.0886. The molecule has 1 aliphatic heterocycles. The molecule has 0 amide bonds. The van der Waals surface area contributed by atoms with Crippen molar-refractivity contribution < 1.29 is 9.50 Å². The van der Waals surface area contributed by atoms with Crippen LogP contribution in [0.25, 0.3) is 10.1 Å². The van der Waals surface area contributed by atoms with Gasteiger partial charge < -0.3 is 5.11 Å². The van der Waals surface area contributed by atoms with Gasteiger partial charge in [0.2, 0.25) is 0 Å². The van der Waals surface area contributed by atoms with E-state index in [9.17, 15) is 9.50 Å². The fraction of sp³-hybridized carbons (Fsp3) is 0.350. The molecule has 3 nitrogen and oxygen atoms in total. The van der Waals surface area contributed by atoms with Crippen molar-refractivity contribution in [2.24, 2.45) is 0 Å². The highest BCUT2D eigenvalue weighted by atomic mass is 32.1. The van der Waals surface area contributed by atoms with Gasteiger partial charge in [0.05, 0.1) is 11.8 Å². The van der Waals surface area contributed by atoms with Gasteiger partial charge in [0.1, 0.15) is 5.82 Å². The minimum atomic E-state index is -0.248. The first-order chi connectivity index (χ1) is 12.1. The molecule has 3 heterocycles. The van der Waals surface area contributed by atoms with Gasteiger partial charge in [-0.05, 0) is 35.6 Å². The predicted molar refractivity (Wildman–Crippen MR) is 99.7 cm³/mol. The summed E-state index contributed by atoms with van der Waals surface area (Å²) in [5.74, 6) is -0.337. The monoisotopic (exact) mass is 356 g/mol. The summed E-state index contributed by atoms with van der Waals surface area (Å²) in [6.45, 7) is 4.47. The summed E-state index contributed by atoms with van der Waals surface area (Å²) >= 11 is 1.79. The van der Waals surface area contributed by atoms with Crippen molar-refractivity contribution in [1.82, 2.24) is 9.88 Å². The van der Waals surface area contributed by atoms with Crippen molar-refractivity contribution in [2.75, 3.05) is 19.6 Å². The largest absolute Gasteiger partial charge is 0.390 e. The molecule has 1 N–H and O–H groups in total. The molecule has 0 aliphatic carbocycles. The van der Waals surface area contributed by atoms with Gasteiger partial charge in [0, 0.05) is 41.3 Å². The highest BCUT2D eigenvalue weighted by Gasteiger charge is 2.26. The zero-order valence-corrected chi connectivity index (χ0v) is 15.0. The second-order valence-electron chi connectivity index (χ2n) is 6.69. The third-order valence-electron chi connectivity index (χ3n) is 4.93. The van der Waals surface area contributed by atoms with Gasteiger partial charge >= 0.3 is 0 Å². The number of rotatable bonds is 5. The van der Waals surface area contributed by atoms with Gasteiger partial charge in [-0.1, -0.05) is 25.1 Å². The molecule has 3 aromatic rings. The van der Waals surface area contributed by atoms with Gasteiger partial charge in [0.15, 0.2) is 0 Å². The van der Waals surface area contributed by atoms with E-state index in [1.807, 2.05) is 19.1 Å². The number of β-amino-alcohol motifs (C(OH)–C–C–N with tert-alkyl or cyclic N) is 1. The second-order valence-corrected chi connectivity index (χ2v) is 7.83. The Labute approximate surface area is 150 Å². The molecule has 130 valence electrons. The first-order valence-electron chi connectivity index (χ1n) is 8.64. The highest BCUT2D eigenvalue weighted by molar-refractivity contribution is 7.19. The molecule has 25 heavy (non-hydrogen) atoms. The highest BCUT2D eigenvalue weighted by Crippen LogP contribution is 2.39. The molecule has 1 aromatic carbocycles. The number of hydrogen-bond acceptors (Lipinski definition) is 4. The standard InChI is InChI=1S/C20H21FN2OS/c1-13(20-16(21)6-4-9-22-20)19-15-5-2-3-7-17(15)25-18(19)8-10-23-11-14(24)12-23/h2-7,9,13-14,24H,8,10-12H2,1H3/t13-/m1/s1. The second kappa shape index (κ2) is 6.83. The number of benzene rings is 1. The SMILES string of the molecule is C[C@@H](c1ncccc1F)c1c(CCN2CC(O)C2)sc2ccccc12. The van der Waals surface area contributed by atoms with E-state index in [-0.39, 0.29) is 17.8 Å². The van der Waals surface area contributed by atoms with E-state index in [4.69, 9.17) is 0 Å². The van der Waals surface area contributed by atoms with E-state index in [0.717, 1.165) is 26.1 Å². The van der Waals surface area contributed by atoms with Crippen LogP contribution in [0.2, 0.25) is 0 Å². The normalized spacial score (nSPS) is 16.9. The molecule has 2 aromatic heterocycles. The van der Waals surface area contributed by atoms with Gasteiger partial charge in [-0.15, -0.1) is 11.3 Å². The van der Waals surface area contributed by atoms with Gasteiger partial charge in [-0.25, -0.2) is 4.39 Å². The third kappa shape index (κ3) is 3.19. The smallest absolute Gasteiger partial charge is 0.145 e. The number of aromatic nitrogens is 1. The lowest BCUT2D eigenvalue weighted by Crippen LogP contribution is -2.51. The lowest BCUT2D eigenvalue weighted by molar-refractivity contribution is 0.00319. The Morgan fingerprint density at radius 3 is 2.84 bits per heavy atom. The fourth-order valence-electron chi connectivity index (χ4n) is 3.61. The molecular weight excluding hydrogens is 335 g/mol. The topological polar surface area (TPSA) is 36.4 Å². The summed E-state index contributed by atoms with van der Waals surface area (Å²) in [6, 6.07) is 11.4. The first-order valence-corrected chi connectivity index (χ1v) is 9.46. The Kier molecular flexibility index (Phi) is 4.54. The van der Waals surface area contributed by atoms with E-state index >= 15 is 0 Å². The summed E-state index contributed by atoms with van der Waals surface area (Å²) in [7, 11) is 0. The Hall–Kier alpha value is -1.82. The maximum absolute atomic E-state index is 14.3. The lowest BCUT2D eigenvalue weighted by Gasteiger charge is -2.35. The number of thiophene rings is 1. The maximum Gasteiger partial charge on any atom is 0.145 e. The molecule has 0 radical (unpaired) electrons. The van der Waals surface area contributed by atoms with E-state index in [1.54, 1.807) is 23.6 Å². The first kappa shape index (κ1) is 16.6. The molecule has 1 fully saturated rings. The number of hydrogen-bond donors (Lipinski definition) is 1. The Balaban J connectivity index is 1.70. The summed E-state index contributed by atoms with van der Waals surface area (Å²) in [5.41, 5.74) is 1.70. The summed E-state index contributed by atoms with van der Waals surface area (Å²) < 4.78 is 15.5. The lowest BCUT2D eigenvalue weighted by atomic mass is 9.93. The Bertz CT molecular complexity index is 888. The van der Waals surface area contributed by atoms with Crippen LogP contribution in [0.5, 0.6) is 0 Å². The number of pyridine rings is 1. The molecule has 5 heteroatoms. The van der Waals surface area contributed by atoms with Crippen LogP contribution in [0.3, 0.4) is 0 Å². The van der Waals surface area contributed by atoms with Crippen LogP contribution in [0.1, 0.15) is 29.0 Å². The van der Waals surface area contributed by atoms with Crippen molar-refractivity contribution in [3.8, 4) is 0 Å². The van der Waals surface area contributed by atoms with E-state index in [0.29, 0.717) is 5.69 Å². The molecule has 0 spiro atoms. The molecule has 1 atom stereocenters. The number of aliphatic hydroxyl groups is 1. The van der Waals surface area contributed by atoms with Crippen LogP contribution < -0.4 is 0 Å². The van der Waals surface area contributed by atoms with Crippen LogP contribution in [-0.4, -0.2) is 40.7 Å². The van der Waals surface area contributed by atoms with Crippen LogP contribution in [0.4, 0.5) is 4.39 Å². The average Bonchev–Trinajstić information content (AvgIpc) is 2.96.